The van der Waals surface area contributed by atoms with Gasteiger partial charge in [0.05, 0.1) is 11.9 Å². The first kappa shape index (κ1) is 8.43. The normalized spacial score (nSPS) is 9.71. The summed E-state index contributed by atoms with van der Waals surface area (Å²) in [6.07, 6.45) is 4.70. The van der Waals surface area contributed by atoms with Crippen LogP contribution in [0.3, 0.4) is 0 Å². The first-order valence-corrected chi connectivity index (χ1v) is 4.07. The largest absolute Gasteiger partial charge is 0.318 e. The highest BCUT2D eigenvalue weighted by molar-refractivity contribution is 6.02. The van der Waals surface area contributed by atoms with Gasteiger partial charge in [-0.15, -0.1) is 0 Å². The fraction of sp³-hybridized carbons (Fsp3) is 0. The fourth-order valence-corrected chi connectivity index (χ4v) is 1.01. The third kappa shape index (κ3) is 1.77. The number of nitrogens with zero attached hydrogens (tertiary/aromatic N) is 2. The van der Waals surface area contributed by atoms with Crippen molar-refractivity contribution in [3.8, 4) is 0 Å². The molecule has 1 amide bonds. The minimum Gasteiger partial charge on any atom is -0.318 e. The molecular weight excluding hydrogens is 180 g/mol. The van der Waals surface area contributed by atoms with Crippen LogP contribution in [0.2, 0.25) is 0 Å². The maximum absolute atomic E-state index is 11.5. The van der Waals surface area contributed by atoms with E-state index in [1.807, 2.05) is 0 Å². The molecular formula is C9H8N4O. The van der Waals surface area contributed by atoms with Crippen molar-refractivity contribution in [1.82, 2.24) is 15.2 Å². The lowest BCUT2D eigenvalue weighted by Gasteiger charge is -1.99. The number of carbonyl (C=O) groups is 1. The highest BCUT2D eigenvalue weighted by Crippen LogP contribution is 2.03. The van der Waals surface area contributed by atoms with Gasteiger partial charge in [0.2, 0.25) is 0 Å². The molecule has 0 saturated heterocycles. The van der Waals surface area contributed by atoms with Crippen molar-refractivity contribution in [3.63, 3.8) is 0 Å². The molecule has 2 rings (SSSR count). The molecule has 0 fully saturated rings. The number of pyridine rings is 1. The summed E-state index contributed by atoms with van der Waals surface area (Å²) in [4.78, 5) is 15.4. The van der Waals surface area contributed by atoms with E-state index in [4.69, 9.17) is 0 Å². The number of anilines is 1. The Balaban J connectivity index is 2.11. The monoisotopic (exact) mass is 188 g/mol. The number of H-pyrrole nitrogens is 1. The topological polar surface area (TPSA) is 70.7 Å². The highest BCUT2D eigenvalue weighted by Gasteiger charge is 2.06. The van der Waals surface area contributed by atoms with Crippen LogP contribution in [0.4, 0.5) is 5.69 Å². The van der Waals surface area contributed by atoms with Gasteiger partial charge in [-0.3, -0.25) is 14.9 Å². The van der Waals surface area contributed by atoms with E-state index in [9.17, 15) is 4.79 Å². The van der Waals surface area contributed by atoms with E-state index in [0.717, 1.165) is 0 Å². The molecule has 2 N–H and O–H groups in total. The maximum atomic E-state index is 11.5. The summed E-state index contributed by atoms with van der Waals surface area (Å²) in [7, 11) is 0. The van der Waals surface area contributed by atoms with Crippen molar-refractivity contribution in [1.29, 1.82) is 0 Å². The van der Waals surface area contributed by atoms with Gasteiger partial charge in [-0.05, 0) is 12.1 Å². The number of hydrogen-bond acceptors (Lipinski definition) is 3. The van der Waals surface area contributed by atoms with Crippen molar-refractivity contribution in [2.45, 2.75) is 0 Å². The average molecular weight is 188 g/mol. The summed E-state index contributed by atoms with van der Waals surface area (Å²) in [5.41, 5.74) is 1.01. The molecule has 70 valence electrons. The summed E-state index contributed by atoms with van der Waals surface area (Å²) in [5, 5.41) is 8.95. The molecule has 2 aromatic heterocycles. The molecule has 0 atom stereocenters. The van der Waals surface area contributed by atoms with Gasteiger partial charge >= 0.3 is 0 Å². The van der Waals surface area contributed by atoms with Gasteiger partial charge in [0.25, 0.3) is 5.91 Å². The fourth-order valence-electron chi connectivity index (χ4n) is 1.01. The molecule has 0 aliphatic heterocycles. The molecule has 5 heteroatoms. The van der Waals surface area contributed by atoms with Gasteiger partial charge in [0, 0.05) is 12.4 Å². The summed E-state index contributed by atoms with van der Waals surface area (Å²) in [5.74, 6) is -0.244. The minimum atomic E-state index is -0.244. The van der Waals surface area contributed by atoms with E-state index >= 15 is 0 Å². The zero-order valence-electron chi connectivity index (χ0n) is 7.27. The molecule has 0 aromatic carbocycles. The van der Waals surface area contributed by atoms with E-state index in [-0.39, 0.29) is 5.91 Å². The Morgan fingerprint density at radius 2 is 2.36 bits per heavy atom. The van der Waals surface area contributed by atoms with Crippen LogP contribution in [0, 0.1) is 0 Å². The van der Waals surface area contributed by atoms with E-state index < -0.39 is 0 Å². The van der Waals surface area contributed by atoms with Gasteiger partial charge in [0.1, 0.15) is 5.69 Å². The van der Waals surface area contributed by atoms with Crippen LogP contribution < -0.4 is 5.32 Å². The van der Waals surface area contributed by atoms with Gasteiger partial charge in [-0.1, -0.05) is 6.07 Å². The molecule has 14 heavy (non-hydrogen) atoms. The molecule has 0 aliphatic carbocycles. The zero-order chi connectivity index (χ0) is 9.80. The molecule has 0 bridgehead atoms. The average Bonchev–Trinajstić information content (AvgIpc) is 2.72. The molecule has 0 unspecified atom stereocenters. The van der Waals surface area contributed by atoms with Gasteiger partial charge in [-0.2, -0.15) is 5.10 Å². The summed E-state index contributed by atoms with van der Waals surface area (Å²) >= 11 is 0. The Bertz CT molecular complexity index is 410. The Labute approximate surface area is 80.2 Å². The van der Waals surface area contributed by atoms with Crippen molar-refractivity contribution < 1.29 is 4.79 Å². The maximum Gasteiger partial charge on any atom is 0.274 e. The second-order valence-electron chi connectivity index (χ2n) is 2.66. The molecule has 0 spiro atoms. The summed E-state index contributed by atoms with van der Waals surface area (Å²) in [6, 6.07) is 5.17. The first-order valence-electron chi connectivity index (χ1n) is 4.07. The first-order chi connectivity index (χ1) is 6.86. The Hall–Kier alpha value is -2.17. The highest BCUT2D eigenvalue weighted by atomic mass is 16.1. The van der Waals surface area contributed by atoms with Crippen molar-refractivity contribution in [3.05, 3.63) is 42.5 Å². The molecule has 5 nitrogen and oxygen atoms in total. The van der Waals surface area contributed by atoms with Crippen molar-refractivity contribution in [2.24, 2.45) is 0 Å². The lowest BCUT2D eigenvalue weighted by molar-refractivity contribution is 0.102. The number of rotatable bonds is 2. The van der Waals surface area contributed by atoms with Crippen LogP contribution >= 0.6 is 0 Å². The lowest BCUT2D eigenvalue weighted by Crippen LogP contribution is -2.12. The minimum absolute atomic E-state index is 0.244. The van der Waals surface area contributed by atoms with Crippen LogP contribution in [-0.4, -0.2) is 21.1 Å². The number of nitrogens with one attached hydrogen (secondary N) is 2. The predicted molar refractivity (Wildman–Crippen MR) is 50.8 cm³/mol. The Kier molecular flexibility index (Phi) is 2.22. The van der Waals surface area contributed by atoms with Crippen LogP contribution in [-0.2, 0) is 0 Å². The zero-order valence-corrected chi connectivity index (χ0v) is 7.27. The second-order valence-corrected chi connectivity index (χ2v) is 2.66. The number of aromatic amines is 1. The van der Waals surface area contributed by atoms with E-state index in [1.165, 1.54) is 6.20 Å². The SMILES string of the molecule is O=C(Nc1cn[nH]c1)c1ccccn1. The van der Waals surface area contributed by atoms with E-state index in [2.05, 4.69) is 20.5 Å². The smallest absolute Gasteiger partial charge is 0.274 e. The van der Waals surface area contributed by atoms with Gasteiger partial charge in [-0.25, -0.2) is 0 Å². The van der Waals surface area contributed by atoms with Crippen LogP contribution in [0.15, 0.2) is 36.8 Å². The molecule has 0 aliphatic rings. The Morgan fingerprint density at radius 3 is 3.00 bits per heavy atom. The third-order valence-corrected chi connectivity index (χ3v) is 1.65. The van der Waals surface area contributed by atoms with Crippen LogP contribution in [0.1, 0.15) is 10.5 Å². The van der Waals surface area contributed by atoms with Crippen molar-refractivity contribution in [2.75, 3.05) is 5.32 Å². The summed E-state index contributed by atoms with van der Waals surface area (Å²) in [6.45, 7) is 0. The summed E-state index contributed by atoms with van der Waals surface area (Å²) < 4.78 is 0. The number of hydrogen-bond donors (Lipinski definition) is 2. The molecule has 0 radical (unpaired) electrons. The van der Waals surface area contributed by atoms with Gasteiger partial charge < -0.3 is 5.32 Å². The standard InChI is InChI=1S/C9H8N4O/c14-9(8-3-1-2-4-10-8)13-7-5-11-12-6-7/h1-6H,(H,11,12)(H,13,14). The predicted octanol–water partition coefficient (Wildman–Crippen LogP) is 1.06. The lowest BCUT2D eigenvalue weighted by atomic mass is 10.3. The van der Waals surface area contributed by atoms with E-state index in [0.29, 0.717) is 11.4 Å². The van der Waals surface area contributed by atoms with E-state index in [1.54, 1.807) is 30.6 Å². The quantitative estimate of drug-likeness (QED) is 0.740. The molecule has 2 aromatic rings. The number of aromatic nitrogens is 3. The third-order valence-electron chi connectivity index (χ3n) is 1.65. The number of amides is 1. The van der Waals surface area contributed by atoms with Crippen molar-refractivity contribution >= 4 is 11.6 Å². The molecule has 2 heterocycles. The van der Waals surface area contributed by atoms with Crippen LogP contribution in [0.5, 0.6) is 0 Å². The second kappa shape index (κ2) is 3.69. The van der Waals surface area contributed by atoms with Gasteiger partial charge in [0.15, 0.2) is 0 Å². The van der Waals surface area contributed by atoms with Crippen LogP contribution in [0.25, 0.3) is 0 Å². The Morgan fingerprint density at radius 1 is 1.43 bits per heavy atom. The molecule has 0 saturated carbocycles. The number of carbonyl (C=O) groups excluding carboxylic acids is 1.